The van der Waals surface area contributed by atoms with E-state index in [-0.39, 0.29) is 6.04 Å². The van der Waals surface area contributed by atoms with Crippen LogP contribution in [0.15, 0.2) is 18.3 Å². The maximum absolute atomic E-state index is 11.1. The quantitative estimate of drug-likeness (QED) is 0.644. The van der Waals surface area contributed by atoms with Gasteiger partial charge in [0.25, 0.3) is 0 Å². The van der Waals surface area contributed by atoms with E-state index in [9.17, 15) is 9.59 Å². The predicted octanol–water partition coefficient (Wildman–Crippen LogP) is 1.50. The Kier molecular flexibility index (Phi) is 7.80. The molecule has 0 aliphatic carbocycles. The molecular weight excluding hydrogens is 354 g/mol. The first-order chi connectivity index (χ1) is 13.7. The largest absolute Gasteiger partial charge is 0.374 e. The highest BCUT2D eigenvalue weighted by Crippen LogP contribution is 2.20. The lowest BCUT2D eigenvalue weighted by atomic mass is 9.96. The van der Waals surface area contributed by atoms with E-state index in [1.165, 1.54) is 32.5 Å². The minimum absolute atomic E-state index is 0.346. The molecule has 0 bridgehead atoms. The van der Waals surface area contributed by atoms with E-state index in [0.717, 1.165) is 56.2 Å². The van der Waals surface area contributed by atoms with E-state index in [1.807, 2.05) is 12.1 Å². The number of rotatable bonds is 9. The van der Waals surface area contributed by atoms with Crippen LogP contribution in [0.4, 0.5) is 11.5 Å². The van der Waals surface area contributed by atoms with Gasteiger partial charge in [-0.05, 0) is 57.5 Å². The second-order valence-electron chi connectivity index (χ2n) is 8.07. The van der Waals surface area contributed by atoms with Crippen LogP contribution < -0.4 is 10.2 Å². The molecule has 1 aromatic heterocycles. The zero-order valence-electron chi connectivity index (χ0n) is 16.9. The molecule has 2 saturated heterocycles. The van der Waals surface area contributed by atoms with Crippen molar-refractivity contribution in [3.05, 3.63) is 18.3 Å². The number of hydrogen-bond donors (Lipinski definition) is 1. The zero-order valence-corrected chi connectivity index (χ0v) is 16.9. The van der Waals surface area contributed by atoms with Gasteiger partial charge >= 0.3 is 0 Å². The monoisotopic (exact) mass is 387 g/mol. The Morgan fingerprint density at radius 1 is 1.14 bits per heavy atom. The van der Waals surface area contributed by atoms with E-state index in [0.29, 0.717) is 12.8 Å². The highest BCUT2D eigenvalue weighted by molar-refractivity contribution is 5.65. The zero-order chi connectivity index (χ0) is 19.8. The Hall–Kier alpha value is -1.99. The summed E-state index contributed by atoms with van der Waals surface area (Å²) in [6.45, 7) is 7.88. The van der Waals surface area contributed by atoms with Gasteiger partial charge in [0.2, 0.25) is 0 Å². The minimum atomic E-state index is -0.346. The SMILES string of the molecule is CN1CCC(CN2CCN(c3ccc(NC(C=O)CCC=O)cn3)CC2)CC1. The van der Waals surface area contributed by atoms with Crippen LogP contribution in [0.1, 0.15) is 25.7 Å². The number of aromatic nitrogens is 1. The summed E-state index contributed by atoms with van der Waals surface area (Å²) in [5, 5.41) is 3.13. The summed E-state index contributed by atoms with van der Waals surface area (Å²) >= 11 is 0. The fourth-order valence-corrected chi connectivity index (χ4v) is 4.06. The summed E-state index contributed by atoms with van der Waals surface area (Å²) in [6.07, 6.45) is 6.99. The van der Waals surface area contributed by atoms with Crippen molar-refractivity contribution in [2.45, 2.75) is 31.7 Å². The summed E-state index contributed by atoms with van der Waals surface area (Å²) in [6, 6.07) is 3.63. The van der Waals surface area contributed by atoms with Crippen molar-refractivity contribution in [1.82, 2.24) is 14.8 Å². The number of nitrogens with one attached hydrogen (secondary N) is 1. The number of carbonyl (C=O) groups is 2. The summed E-state index contributed by atoms with van der Waals surface area (Å²) in [5.74, 6) is 1.83. The summed E-state index contributed by atoms with van der Waals surface area (Å²) in [5.41, 5.74) is 0.813. The molecule has 1 unspecified atom stereocenters. The topological polar surface area (TPSA) is 68.8 Å². The summed E-state index contributed by atoms with van der Waals surface area (Å²) in [7, 11) is 2.22. The lowest BCUT2D eigenvalue weighted by Gasteiger charge is -2.38. The van der Waals surface area contributed by atoms with E-state index in [4.69, 9.17) is 0 Å². The Balaban J connectivity index is 1.44. The highest BCUT2D eigenvalue weighted by atomic mass is 16.1. The fourth-order valence-electron chi connectivity index (χ4n) is 4.06. The molecule has 0 saturated carbocycles. The van der Waals surface area contributed by atoms with Gasteiger partial charge in [-0.15, -0.1) is 0 Å². The van der Waals surface area contributed by atoms with Crippen LogP contribution >= 0.6 is 0 Å². The molecule has 3 heterocycles. The van der Waals surface area contributed by atoms with Crippen LogP contribution in [0.25, 0.3) is 0 Å². The molecule has 7 nitrogen and oxygen atoms in total. The molecular formula is C21H33N5O2. The van der Waals surface area contributed by atoms with Crippen LogP contribution in [-0.4, -0.2) is 86.3 Å². The lowest BCUT2D eigenvalue weighted by Crippen LogP contribution is -2.49. The van der Waals surface area contributed by atoms with Gasteiger partial charge in [0.15, 0.2) is 0 Å². The van der Waals surface area contributed by atoms with Crippen molar-refractivity contribution in [1.29, 1.82) is 0 Å². The Morgan fingerprint density at radius 3 is 2.50 bits per heavy atom. The Labute approximate surface area is 168 Å². The van der Waals surface area contributed by atoms with Crippen molar-refractivity contribution in [3.8, 4) is 0 Å². The third-order valence-corrected chi connectivity index (χ3v) is 5.91. The Bertz CT molecular complexity index is 608. The van der Waals surface area contributed by atoms with E-state index in [2.05, 4.69) is 32.0 Å². The Morgan fingerprint density at radius 2 is 1.89 bits per heavy atom. The molecule has 2 aliphatic rings. The van der Waals surface area contributed by atoms with Gasteiger partial charge < -0.3 is 24.7 Å². The third-order valence-electron chi connectivity index (χ3n) is 5.91. The van der Waals surface area contributed by atoms with Gasteiger partial charge in [0, 0.05) is 39.1 Å². The highest BCUT2D eigenvalue weighted by Gasteiger charge is 2.23. The molecule has 1 atom stereocenters. The van der Waals surface area contributed by atoms with Crippen LogP contribution in [0.2, 0.25) is 0 Å². The lowest BCUT2D eigenvalue weighted by molar-refractivity contribution is -0.109. The first-order valence-electron chi connectivity index (χ1n) is 10.5. The summed E-state index contributed by atoms with van der Waals surface area (Å²) < 4.78 is 0. The van der Waals surface area contributed by atoms with Gasteiger partial charge in [-0.25, -0.2) is 4.98 Å². The van der Waals surface area contributed by atoms with Crippen molar-refractivity contribution >= 4 is 24.1 Å². The van der Waals surface area contributed by atoms with Crippen molar-refractivity contribution in [2.24, 2.45) is 5.92 Å². The van der Waals surface area contributed by atoms with Gasteiger partial charge in [-0.3, -0.25) is 4.90 Å². The van der Waals surface area contributed by atoms with Crippen LogP contribution in [0, 0.1) is 5.92 Å². The third kappa shape index (κ3) is 6.01. The molecule has 7 heteroatoms. The standard InChI is InChI=1S/C21H33N5O2/c1-24-8-6-18(7-9-24)16-25-10-12-26(13-11-25)21-5-4-19(15-22-21)23-20(17-28)3-2-14-27/h4-5,14-15,17-18,20,23H,2-3,6-13,16H2,1H3. The first kappa shape index (κ1) is 20.7. The second kappa shape index (κ2) is 10.5. The minimum Gasteiger partial charge on any atom is -0.374 e. The number of aldehydes is 2. The van der Waals surface area contributed by atoms with Crippen LogP contribution in [0.3, 0.4) is 0 Å². The summed E-state index contributed by atoms with van der Waals surface area (Å²) in [4.78, 5) is 33.5. The van der Waals surface area contributed by atoms with Gasteiger partial charge in [-0.1, -0.05) is 0 Å². The number of hydrogen-bond acceptors (Lipinski definition) is 7. The maximum Gasteiger partial charge on any atom is 0.142 e. The molecule has 28 heavy (non-hydrogen) atoms. The fraction of sp³-hybridized carbons (Fsp3) is 0.667. The number of pyridine rings is 1. The normalized spacial score (nSPS) is 20.7. The molecule has 0 amide bonds. The number of likely N-dealkylation sites (tertiary alicyclic amines) is 1. The molecule has 0 aromatic carbocycles. The van der Waals surface area contributed by atoms with Gasteiger partial charge in [-0.2, -0.15) is 0 Å². The molecule has 2 aliphatic heterocycles. The van der Waals surface area contributed by atoms with Crippen molar-refractivity contribution < 1.29 is 9.59 Å². The molecule has 0 spiro atoms. The molecule has 0 radical (unpaired) electrons. The molecule has 1 aromatic rings. The van der Waals surface area contributed by atoms with Gasteiger partial charge in [0.05, 0.1) is 17.9 Å². The first-order valence-corrected chi connectivity index (χ1v) is 10.5. The van der Waals surface area contributed by atoms with Crippen LogP contribution in [-0.2, 0) is 9.59 Å². The number of nitrogens with zero attached hydrogens (tertiary/aromatic N) is 4. The van der Waals surface area contributed by atoms with Crippen molar-refractivity contribution in [3.63, 3.8) is 0 Å². The maximum atomic E-state index is 11.1. The number of piperidine rings is 1. The van der Waals surface area contributed by atoms with Crippen LogP contribution in [0.5, 0.6) is 0 Å². The van der Waals surface area contributed by atoms with E-state index >= 15 is 0 Å². The number of anilines is 2. The average molecular weight is 388 g/mol. The van der Waals surface area contributed by atoms with Gasteiger partial charge in [0.1, 0.15) is 18.4 Å². The van der Waals surface area contributed by atoms with Crippen molar-refractivity contribution in [2.75, 3.05) is 63.1 Å². The number of carbonyl (C=O) groups excluding carboxylic acids is 2. The number of piperazine rings is 1. The molecule has 3 rings (SSSR count). The van der Waals surface area contributed by atoms with E-state index in [1.54, 1.807) is 6.20 Å². The average Bonchev–Trinajstić information content (AvgIpc) is 2.74. The smallest absolute Gasteiger partial charge is 0.142 e. The predicted molar refractivity (Wildman–Crippen MR) is 112 cm³/mol. The molecule has 1 N–H and O–H groups in total. The molecule has 154 valence electrons. The van der Waals surface area contributed by atoms with E-state index < -0.39 is 0 Å². The second-order valence-corrected chi connectivity index (χ2v) is 8.07. The molecule has 2 fully saturated rings.